The van der Waals surface area contributed by atoms with E-state index in [1.54, 1.807) is 7.11 Å². The number of rotatable bonds is 4. The summed E-state index contributed by atoms with van der Waals surface area (Å²) in [4.78, 5) is 2.40. The van der Waals surface area contributed by atoms with E-state index >= 15 is 0 Å². The van der Waals surface area contributed by atoms with Crippen LogP contribution in [0.2, 0.25) is 0 Å². The van der Waals surface area contributed by atoms with Gasteiger partial charge in [-0.3, -0.25) is 0 Å². The summed E-state index contributed by atoms with van der Waals surface area (Å²) < 4.78 is 19.4. The average molecular weight is 429 g/mol. The molecule has 2 heterocycles. The topological polar surface area (TPSA) is 24.5 Å². The van der Waals surface area contributed by atoms with Crippen LogP contribution in [0.3, 0.4) is 0 Å². The Morgan fingerprint density at radius 1 is 1.03 bits per heavy atom. The van der Waals surface area contributed by atoms with Gasteiger partial charge in [0.25, 0.3) is 0 Å². The number of methoxy groups -OCH3 is 1. The molecule has 0 bridgehead atoms. The second-order valence-electron chi connectivity index (χ2n) is 9.57. The number of ether oxygens (including phenoxy) is 1. The summed E-state index contributed by atoms with van der Waals surface area (Å²) in [5.74, 6) is 0.722. The zero-order valence-corrected chi connectivity index (χ0v) is 19.3. The lowest BCUT2D eigenvalue weighted by atomic mass is 9.89. The largest absolute Gasteiger partial charge is 0.496 e. The van der Waals surface area contributed by atoms with Crippen molar-refractivity contribution in [2.45, 2.75) is 45.7 Å². The van der Waals surface area contributed by atoms with Crippen molar-refractivity contribution in [3.63, 3.8) is 0 Å². The van der Waals surface area contributed by atoms with Gasteiger partial charge >= 0.3 is 0 Å². The van der Waals surface area contributed by atoms with Gasteiger partial charge in [-0.25, -0.2) is 4.39 Å². The molecular weight excluding hydrogens is 399 g/mol. The average Bonchev–Trinajstić information content (AvgIpc) is 3.13. The van der Waals surface area contributed by atoms with Gasteiger partial charge < -0.3 is 15.0 Å². The van der Waals surface area contributed by atoms with Crippen LogP contribution < -0.4 is 15.0 Å². The monoisotopic (exact) mass is 428 g/mol. The van der Waals surface area contributed by atoms with Gasteiger partial charge in [0.05, 0.1) is 12.6 Å². The fourth-order valence-electron chi connectivity index (χ4n) is 4.88. The number of benzene rings is 3. The summed E-state index contributed by atoms with van der Waals surface area (Å²) in [6, 6.07) is 17.9. The maximum atomic E-state index is 13.9. The zero-order chi connectivity index (χ0) is 22.6. The van der Waals surface area contributed by atoms with E-state index in [0.717, 1.165) is 23.4 Å². The van der Waals surface area contributed by atoms with Crippen LogP contribution in [0.15, 0.2) is 60.7 Å². The maximum absolute atomic E-state index is 13.9. The Bertz CT molecular complexity index is 1240. The molecule has 164 valence electrons. The van der Waals surface area contributed by atoms with Crippen molar-refractivity contribution < 1.29 is 9.13 Å². The van der Waals surface area contributed by atoms with E-state index in [-0.39, 0.29) is 11.4 Å². The Morgan fingerprint density at radius 2 is 1.81 bits per heavy atom. The van der Waals surface area contributed by atoms with E-state index in [2.05, 4.69) is 80.4 Å². The number of nitrogens with one attached hydrogen (secondary N) is 1. The van der Waals surface area contributed by atoms with E-state index in [4.69, 9.17) is 4.74 Å². The van der Waals surface area contributed by atoms with Crippen LogP contribution in [0, 0.1) is 5.82 Å². The van der Waals surface area contributed by atoms with Crippen LogP contribution in [0.4, 0.5) is 15.8 Å². The van der Waals surface area contributed by atoms with Crippen molar-refractivity contribution in [1.29, 1.82) is 0 Å². The van der Waals surface area contributed by atoms with Crippen LogP contribution in [-0.4, -0.2) is 12.6 Å². The predicted octanol–water partition coefficient (Wildman–Crippen LogP) is 7.19. The van der Waals surface area contributed by atoms with E-state index in [1.807, 2.05) is 6.07 Å². The minimum atomic E-state index is -0.295. The summed E-state index contributed by atoms with van der Waals surface area (Å²) in [6.45, 7) is 9.59. The Kier molecular flexibility index (Phi) is 4.77. The third kappa shape index (κ3) is 3.35. The third-order valence-electron chi connectivity index (χ3n) is 6.43. The van der Waals surface area contributed by atoms with Crippen molar-refractivity contribution in [2.75, 3.05) is 17.3 Å². The highest BCUT2D eigenvalue weighted by molar-refractivity contribution is 5.97. The van der Waals surface area contributed by atoms with E-state index in [9.17, 15) is 4.39 Å². The first-order valence-electron chi connectivity index (χ1n) is 11.2. The van der Waals surface area contributed by atoms with Gasteiger partial charge in [0.2, 0.25) is 0 Å². The quantitative estimate of drug-likeness (QED) is 0.476. The van der Waals surface area contributed by atoms with Gasteiger partial charge in [-0.15, -0.1) is 0 Å². The Labute approximate surface area is 189 Å². The summed E-state index contributed by atoms with van der Waals surface area (Å²) in [7, 11) is 1.59. The molecule has 0 aliphatic carbocycles. The first kappa shape index (κ1) is 20.6. The minimum Gasteiger partial charge on any atom is -0.496 e. The van der Waals surface area contributed by atoms with Crippen LogP contribution in [0.5, 0.6) is 5.75 Å². The molecule has 0 amide bonds. The number of hydrogen-bond acceptors (Lipinski definition) is 3. The summed E-state index contributed by atoms with van der Waals surface area (Å²) in [6.07, 6.45) is 2.32. The van der Waals surface area contributed by atoms with Gasteiger partial charge in [-0.05, 0) is 72.9 Å². The van der Waals surface area contributed by atoms with Crippen molar-refractivity contribution in [3.8, 4) is 16.9 Å². The molecule has 0 fully saturated rings. The number of nitrogens with zero attached hydrogens (tertiary/aromatic N) is 1. The molecule has 0 spiro atoms. The molecule has 2 aliphatic rings. The summed E-state index contributed by atoms with van der Waals surface area (Å²) in [5, 5.41) is 3.67. The molecule has 1 N–H and O–H groups in total. The summed E-state index contributed by atoms with van der Waals surface area (Å²) in [5.41, 5.74) is 9.17. The lowest BCUT2D eigenvalue weighted by molar-refractivity contribution is 0.413. The predicted molar refractivity (Wildman–Crippen MR) is 131 cm³/mol. The molecule has 3 nitrogen and oxygen atoms in total. The fourth-order valence-corrected chi connectivity index (χ4v) is 4.88. The van der Waals surface area contributed by atoms with E-state index in [0.29, 0.717) is 11.7 Å². The Morgan fingerprint density at radius 3 is 2.56 bits per heavy atom. The molecule has 0 radical (unpaired) electrons. The van der Waals surface area contributed by atoms with Crippen LogP contribution in [0.1, 0.15) is 50.3 Å². The van der Waals surface area contributed by atoms with Crippen LogP contribution in [-0.2, 0) is 6.54 Å². The van der Waals surface area contributed by atoms with Crippen LogP contribution >= 0.6 is 0 Å². The second kappa shape index (κ2) is 7.40. The van der Waals surface area contributed by atoms with Crippen molar-refractivity contribution in [1.82, 2.24) is 0 Å². The molecule has 3 aromatic carbocycles. The van der Waals surface area contributed by atoms with Crippen molar-refractivity contribution >= 4 is 17.1 Å². The molecule has 0 aromatic heterocycles. The van der Waals surface area contributed by atoms with Gasteiger partial charge in [-0.2, -0.15) is 0 Å². The standard InChI is InChI=1S/C28H29FN2O/c1-17(2)18-7-6-8-20(13-18)31-16-23-21(22-10-9-19(29)14-26(22)32-5)11-12-24-27(23)25(31)15-28(3,4)30-24/h6-15,17,30H,16H2,1-5H3. The SMILES string of the molecule is COc1cc(F)ccc1-c1ccc2c3c1CN(c1cccc(C(C)C)c1)C3=CC(C)(C)N2. The Balaban J connectivity index is 1.70. The second-order valence-corrected chi connectivity index (χ2v) is 9.57. The molecule has 0 unspecified atom stereocenters. The first-order chi connectivity index (χ1) is 15.3. The molecule has 4 heteroatoms. The molecule has 0 atom stereocenters. The fraction of sp³-hybridized carbons (Fsp3) is 0.286. The molecule has 0 saturated carbocycles. The van der Waals surface area contributed by atoms with E-state index in [1.165, 1.54) is 40.2 Å². The molecular formula is C28H29FN2O. The molecule has 2 aliphatic heterocycles. The van der Waals surface area contributed by atoms with Gasteiger partial charge in [0.15, 0.2) is 0 Å². The van der Waals surface area contributed by atoms with Crippen molar-refractivity contribution in [3.05, 3.63) is 83.2 Å². The highest BCUT2D eigenvalue weighted by Gasteiger charge is 2.36. The lowest BCUT2D eigenvalue weighted by Crippen LogP contribution is -2.33. The van der Waals surface area contributed by atoms with Crippen molar-refractivity contribution in [2.24, 2.45) is 0 Å². The highest BCUT2D eigenvalue weighted by atomic mass is 19.1. The molecule has 5 rings (SSSR count). The zero-order valence-electron chi connectivity index (χ0n) is 19.3. The number of halogens is 1. The third-order valence-corrected chi connectivity index (χ3v) is 6.43. The number of hydrogen-bond donors (Lipinski definition) is 1. The molecule has 3 aromatic rings. The lowest BCUT2D eigenvalue weighted by Gasteiger charge is -2.33. The van der Waals surface area contributed by atoms with Gasteiger partial charge in [0.1, 0.15) is 11.6 Å². The highest BCUT2D eigenvalue weighted by Crippen LogP contribution is 2.49. The molecule has 0 saturated heterocycles. The molecule has 32 heavy (non-hydrogen) atoms. The normalized spacial score (nSPS) is 16.0. The maximum Gasteiger partial charge on any atom is 0.129 e. The smallest absolute Gasteiger partial charge is 0.129 e. The van der Waals surface area contributed by atoms with Crippen LogP contribution in [0.25, 0.3) is 16.8 Å². The van der Waals surface area contributed by atoms with E-state index < -0.39 is 0 Å². The first-order valence-corrected chi connectivity index (χ1v) is 11.2. The summed E-state index contributed by atoms with van der Waals surface area (Å²) >= 11 is 0. The minimum absolute atomic E-state index is 0.160. The number of anilines is 2. The van der Waals surface area contributed by atoms with Gasteiger partial charge in [0, 0.05) is 40.8 Å². The van der Waals surface area contributed by atoms with Gasteiger partial charge in [-0.1, -0.05) is 32.0 Å². The Hall–Kier alpha value is -3.27.